The molecule has 1 aliphatic heterocycles. The van der Waals surface area contributed by atoms with Crippen molar-refractivity contribution in [2.24, 2.45) is 11.8 Å². The Kier molecular flexibility index (Phi) is 5.45. The lowest BCUT2D eigenvalue weighted by molar-refractivity contribution is 0.243. The van der Waals surface area contributed by atoms with Gasteiger partial charge in [-0.2, -0.15) is 17.0 Å². The minimum atomic E-state index is -3.26. The highest BCUT2D eigenvalue weighted by Gasteiger charge is 2.38. The van der Waals surface area contributed by atoms with Gasteiger partial charge in [0.05, 0.1) is 0 Å². The number of nitrogens with one attached hydrogen (secondary N) is 1. The van der Waals surface area contributed by atoms with Gasteiger partial charge in [-0.3, -0.25) is 0 Å². The van der Waals surface area contributed by atoms with E-state index < -0.39 is 10.2 Å². The molecule has 0 aromatic rings. The lowest BCUT2D eigenvalue weighted by Gasteiger charge is -2.35. The number of hydrogen-bond donors (Lipinski definition) is 1. The molecule has 0 aromatic carbocycles. The Bertz CT molecular complexity index is 401. The second-order valence-electron chi connectivity index (χ2n) is 6.25. The SMILES string of the molecule is CCNCC1CCN(S(=O)(=O)N(C)C(C)C2CC2)CC1. The Morgan fingerprint density at radius 2 is 1.85 bits per heavy atom. The van der Waals surface area contributed by atoms with E-state index in [1.54, 1.807) is 15.7 Å². The van der Waals surface area contributed by atoms with Gasteiger partial charge in [0, 0.05) is 26.2 Å². The van der Waals surface area contributed by atoms with Crippen LogP contribution in [0.1, 0.15) is 39.5 Å². The average molecular weight is 303 g/mol. The quantitative estimate of drug-likeness (QED) is 0.771. The standard InChI is InChI=1S/C14H29N3O2S/c1-4-15-11-13-7-9-17(10-8-13)20(18,19)16(3)12(2)14-5-6-14/h12-15H,4-11H2,1-3H3. The molecule has 1 unspecified atom stereocenters. The molecule has 0 spiro atoms. The summed E-state index contributed by atoms with van der Waals surface area (Å²) in [6.07, 6.45) is 4.29. The second-order valence-corrected chi connectivity index (χ2v) is 8.24. The van der Waals surface area contributed by atoms with Crippen LogP contribution < -0.4 is 5.32 Å². The molecule has 2 fully saturated rings. The third kappa shape index (κ3) is 3.72. The van der Waals surface area contributed by atoms with Gasteiger partial charge in [-0.1, -0.05) is 6.92 Å². The second kappa shape index (κ2) is 6.73. The predicted octanol–water partition coefficient (Wildman–Crippen LogP) is 1.28. The first kappa shape index (κ1) is 16.2. The van der Waals surface area contributed by atoms with E-state index in [0.29, 0.717) is 24.9 Å². The van der Waals surface area contributed by atoms with Crippen LogP contribution in [0.5, 0.6) is 0 Å². The third-order valence-corrected chi connectivity index (χ3v) is 6.90. The van der Waals surface area contributed by atoms with E-state index in [-0.39, 0.29) is 6.04 Å². The van der Waals surface area contributed by atoms with E-state index in [1.165, 1.54) is 12.8 Å². The van der Waals surface area contributed by atoms with Crippen molar-refractivity contribution >= 4 is 10.2 Å². The molecule has 0 aromatic heterocycles. The molecule has 1 saturated carbocycles. The fourth-order valence-electron chi connectivity index (χ4n) is 2.96. The first-order chi connectivity index (χ1) is 9.46. The van der Waals surface area contributed by atoms with Crippen molar-refractivity contribution in [1.82, 2.24) is 13.9 Å². The zero-order valence-electron chi connectivity index (χ0n) is 13.0. The highest BCUT2D eigenvalue weighted by Crippen LogP contribution is 2.36. The molecule has 6 heteroatoms. The number of rotatable bonds is 7. The highest BCUT2D eigenvalue weighted by molar-refractivity contribution is 7.86. The lowest BCUT2D eigenvalue weighted by atomic mass is 9.98. The smallest absolute Gasteiger partial charge is 0.281 e. The van der Waals surface area contributed by atoms with Crippen LogP contribution in [0.25, 0.3) is 0 Å². The molecule has 0 bridgehead atoms. The van der Waals surface area contributed by atoms with E-state index in [0.717, 1.165) is 25.9 Å². The maximum atomic E-state index is 12.6. The first-order valence-electron chi connectivity index (χ1n) is 7.90. The van der Waals surface area contributed by atoms with Gasteiger partial charge in [0.15, 0.2) is 0 Å². The molecule has 118 valence electrons. The van der Waals surface area contributed by atoms with Crippen molar-refractivity contribution in [2.75, 3.05) is 33.2 Å². The molecule has 5 nitrogen and oxygen atoms in total. The van der Waals surface area contributed by atoms with E-state index in [2.05, 4.69) is 12.2 Å². The predicted molar refractivity (Wildman–Crippen MR) is 81.7 cm³/mol. The summed E-state index contributed by atoms with van der Waals surface area (Å²) in [7, 11) is -1.52. The molecular weight excluding hydrogens is 274 g/mol. The minimum absolute atomic E-state index is 0.138. The van der Waals surface area contributed by atoms with Gasteiger partial charge in [0.2, 0.25) is 0 Å². The molecule has 0 amide bonds. The average Bonchev–Trinajstić information content (AvgIpc) is 3.28. The summed E-state index contributed by atoms with van der Waals surface area (Å²) in [4.78, 5) is 0. The summed E-state index contributed by atoms with van der Waals surface area (Å²) in [5.41, 5.74) is 0. The van der Waals surface area contributed by atoms with Crippen molar-refractivity contribution in [1.29, 1.82) is 0 Å². The molecule has 1 atom stereocenters. The fraction of sp³-hybridized carbons (Fsp3) is 1.00. The highest BCUT2D eigenvalue weighted by atomic mass is 32.2. The Morgan fingerprint density at radius 3 is 2.35 bits per heavy atom. The number of piperidine rings is 1. The largest absolute Gasteiger partial charge is 0.317 e. The van der Waals surface area contributed by atoms with Gasteiger partial charge in [0.1, 0.15) is 0 Å². The topological polar surface area (TPSA) is 52.7 Å². The van der Waals surface area contributed by atoms with Crippen molar-refractivity contribution in [2.45, 2.75) is 45.6 Å². The van der Waals surface area contributed by atoms with Gasteiger partial charge in [-0.25, -0.2) is 0 Å². The Morgan fingerprint density at radius 1 is 1.25 bits per heavy atom. The van der Waals surface area contributed by atoms with Crippen molar-refractivity contribution in [3.63, 3.8) is 0 Å². The normalized spacial score (nSPS) is 24.2. The van der Waals surface area contributed by atoms with Crippen LogP contribution in [0.4, 0.5) is 0 Å². The number of hydrogen-bond acceptors (Lipinski definition) is 3. The molecule has 1 N–H and O–H groups in total. The number of nitrogens with zero attached hydrogens (tertiary/aromatic N) is 2. The van der Waals surface area contributed by atoms with Gasteiger partial charge in [0.25, 0.3) is 10.2 Å². The van der Waals surface area contributed by atoms with E-state index >= 15 is 0 Å². The maximum absolute atomic E-state index is 12.6. The van der Waals surface area contributed by atoms with E-state index in [9.17, 15) is 8.42 Å². The van der Waals surface area contributed by atoms with E-state index in [1.807, 2.05) is 6.92 Å². The Hall–Kier alpha value is -0.170. The third-order valence-electron chi connectivity index (χ3n) is 4.82. The first-order valence-corrected chi connectivity index (χ1v) is 9.30. The lowest BCUT2D eigenvalue weighted by Crippen LogP contribution is -2.49. The molecule has 1 aliphatic carbocycles. The summed E-state index contributed by atoms with van der Waals surface area (Å²) in [5, 5.41) is 3.36. The zero-order chi connectivity index (χ0) is 14.8. The van der Waals surface area contributed by atoms with Gasteiger partial charge in [-0.15, -0.1) is 0 Å². The monoisotopic (exact) mass is 303 g/mol. The minimum Gasteiger partial charge on any atom is -0.317 e. The zero-order valence-corrected chi connectivity index (χ0v) is 13.8. The summed E-state index contributed by atoms with van der Waals surface area (Å²) in [6.45, 7) is 7.47. The summed E-state index contributed by atoms with van der Waals surface area (Å²) >= 11 is 0. The van der Waals surface area contributed by atoms with Crippen molar-refractivity contribution < 1.29 is 8.42 Å². The summed E-state index contributed by atoms with van der Waals surface area (Å²) in [5.74, 6) is 1.19. The summed E-state index contributed by atoms with van der Waals surface area (Å²) in [6, 6.07) is 0.138. The van der Waals surface area contributed by atoms with E-state index in [4.69, 9.17) is 0 Å². The van der Waals surface area contributed by atoms with Crippen LogP contribution in [0.2, 0.25) is 0 Å². The molecule has 20 heavy (non-hydrogen) atoms. The molecular formula is C14H29N3O2S. The Balaban J connectivity index is 1.87. The van der Waals surface area contributed by atoms with Gasteiger partial charge < -0.3 is 5.32 Å². The van der Waals surface area contributed by atoms with Crippen LogP contribution >= 0.6 is 0 Å². The van der Waals surface area contributed by atoms with Crippen LogP contribution in [0.3, 0.4) is 0 Å². The molecule has 1 saturated heterocycles. The maximum Gasteiger partial charge on any atom is 0.281 e. The molecule has 1 heterocycles. The molecule has 2 rings (SSSR count). The fourth-order valence-corrected chi connectivity index (χ4v) is 4.59. The van der Waals surface area contributed by atoms with Crippen LogP contribution in [0.15, 0.2) is 0 Å². The molecule has 2 aliphatic rings. The van der Waals surface area contributed by atoms with Crippen molar-refractivity contribution in [3.05, 3.63) is 0 Å². The van der Waals surface area contributed by atoms with Gasteiger partial charge >= 0.3 is 0 Å². The molecule has 0 radical (unpaired) electrons. The van der Waals surface area contributed by atoms with Crippen LogP contribution in [-0.4, -0.2) is 56.3 Å². The summed E-state index contributed by atoms with van der Waals surface area (Å²) < 4.78 is 28.5. The Labute approximate surface area is 123 Å². The van der Waals surface area contributed by atoms with Crippen LogP contribution in [0, 0.1) is 11.8 Å². The van der Waals surface area contributed by atoms with Crippen molar-refractivity contribution in [3.8, 4) is 0 Å². The van der Waals surface area contributed by atoms with Gasteiger partial charge in [-0.05, 0) is 57.5 Å². The van der Waals surface area contributed by atoms with Crippen LogP contribution in [-0.2, 0) is 10.2 Å².